The number of nitrogens with one attached hydrogen (secondary N) is 6. The van der Waals surface area contributed by atoms with Crippen LogP contribution in [0.5, 0.6) is 0 Å². The Bertz CT molecular complexity index is 2850. The molecule has 6 N–H and O–H groups in total. The van der Waals surface area contributed by atoms with Gasteiger partial charge in [-0.15, -0.1) is 0 Å². The van der Waals surface area contributed by atoms with E-state index in [1.54, 1.807) is 68.1 Å². The zero-order chi connectivity index (χ0) is 56.8. The van der Waals surface area contributed by atoms with Crippen LogP contribution >= 0.6 is 11.6 Å². The van der Waals surface area contributed by atoms with E-state index in [0.29, 0.717) is 21.7 Å². The second-order valence-electron chi connectivity index (χ2n) is 23.5. The summed E-state index contributed by atoms with van der Waals surface area (Å²) in [5, 5.41) is 18.6. The predicted molar refractivity (Wildman–Crippen MR) is 303 cm³/mol. The SMILES string of the molecule is CN[C@@H](C)C(=O)N[C@H](C(=O)N1C[C@@H](NC(=O)c2ccc(CN(C(=O)[C@@H]3Cc4ccccc4CN3C(=O)[C@@H](NC(=O)[C@H](C)NC)C(C)(C)C)C(C)c3ccccc3Cl)cc2)C[C@H]1C(=O)N[C@@H]1CCCc2ccccc21)C(C)(C)C. The molecule has 2 heterocycles. The maximum absolute atomic E-state index is 15.5. The summed E-state index contributed by atoms with van der Waals surface area (Å²) in [6.07, 6.45) is 2.95. The van der Waals surface area contributed by atoms with Crippen molar-refractivity contribution in [2.24, 2.45) is 10.8 Å². The van der Waals surface area contributed by atoms with Gasteiger partial charge in [0.15, 0.2) is 0 Å². The van der Waals surface area contributed by atoms with Gasteiger partial charge in [-0.25, -0.2) is 0 Å². The molecule has 418 valence electrons. The highest BCUT2D eigenvalue weighted by molar-refractivity contribution is 6.31. The molecule has 3 aliphatic rings. The van der Waals surface area contributed by atoms with Gasteiger partial charge in [0.25, 0.3) is 5.91 Å². The maximum atomic E-state index is 15.5. The molecule has 9 atom stereocenters. The van der Waals surface area contributed by atoms with Crippen molar-refractivity contribution in [1.29, 1.82) is 0 Å². The summed E-state index contributed by atoms with van der Waals surface area (Å²) < 4.78 is 0. The van der Waals surface area contributed by atoms with Crippen molar-refractivity contribution in [3.8, 4) is 0 Å². The summed E-state index contributed by atoms with van der Waals surface area (Å²) in [7, 11) is 3.34. The van der Waals surface area contributed by atoms with Crippen molar-refractivity contribution in [2.75, 3.05) is 20.6 Å². The first-order valence-corrected chi connectivity index (χ1v) is 27.7. The van der Waals surface area contributed by atoms with Gasteiger partial charge in [0.1, 0.15) is 24.2 Å². The number of carbonyl (C=O) groups excluding carboxylic acids is 7. The Morgan fingerprint density at radius 1 is 0.667 bits per heavy atom. The normalized spacial score (nSPS) is 20.2. The molecule has 0 aromatic heterocycles. The predicted octanol–water partition coefficient (Wildman–Crippen LogP) is 6.55. The van der Waals surface area contributed by atoms with Gasteiger partial charge in [0, 0.05) is 42.7 Å². The molecule has 17 heteroatoms. The van der Waals surface area contributed by atoms with Crippen LogP contribution < -0.4 is 31.9 Å². The van der Waals surface area contributed by atoms with Crippen molar-refractivity contribution in [1.82, 2.24) is 46.6 Å². The quantitative estimate of drug-likeness (QED) is 0.0678. The molecule has 1 saturated heterocycles. The monoisotopic (exact) mass is 1090 g/mol. The van der Waals surface area contributed by atoms with Crippen molar-refractivity contribution in [2.45, 2.75) is 162 Å². The fourth-order valence-corrected chi connectivity index (χ4v) is 11.1. The Morgan fingerprint density at radius 3 is 1.81 bits per heavy atom. The minimum absolute atomic E-state index is 0.0339. The molecule has 0 spiro atoms. The average molecular weight is 1090 g/mol. The van der Waals surface area contributed by atoms with Gasteiger partial charge in [-0.1, -0.05) is 132 Å². The van der Waals surface area contributed by atoms with Crippen LogP contribution in [0.1, 0.15) is 137 Å². The number of carbonyl (C=O) groups is 7. The molecule has 4 aromatic rings. The second kappa shape index (κ2) is 25.0. The van der Waals surface area contributed by atoms with Gasteiger partial charge in [-0.3, -0.25) is 33.6 Å². The number of likely N-dealkylation sites (tertiary alicyclic amines) is 1. The van der Waals surface area contributed by atoms with Crippen molar-refractivity contribution in [3.05, 3.63) is 141 Å². The van der Waals surface area contributed by atoms with Gasteiger partial charge in [0.05, 0.1) is 24.2 Å². The molecule has 7 amide bonds. The van der Waals surface area contributed by atoms with Crippen LogP contribution in [0, 0.1) is 10.8 Å². The van der Waals surface area contributed by atoms with Crippen LogP contribution in [0.15, 0.2) is 97.1 Å². The lowest BCUT2D eigenvalue weighted by atomic mass is 9.84. The van der Waals surface area contributed by atoms with E-state index in [9.17, 15) is 28.8 Å². The van der Waals surface area contributed by atoms with Gasteiger partial charge >= 0.3 is 0 Å². The molecular formula is C61H80ClN9O7. The van der Waals surface area contributed by atoms with Crippen molar-refractivity contribution < 1.29 is 33.6 Å². The maximum Gasteiger partial charge on any atom is 0.251 e. The van der Waals surface area contributed by atoms with E-state index in [0.717, 1.165) is 36.0 Å². The number of hydrogen-bond donors (Lipinski definition) is 6. The average Bonchev–Trinajstić information content (AvgIpc) is 3.98. The molecule has 16 nitrogen and oxygen atoms in total. The summed E-state index contributed by atoms with van der Waals surface area (Å²) in [5.41, 5.74) is 4.38. The first-order valence-electron chi connectivity index (χ1n) is 27.4. The highest BCUT2D eigenvalue weighted by Gasteiger charge is 2.47. The van der Waals surface area contributed by atoms with E-state index in [2.05, 4.69) is 38.0 Å². The van der Waals surface area contributed by atoms with Crippen LogP contribution in [0.3, 0.4) is 0 Å². The highest BCUT2D eigenvalue weighted by Crippen LogP contribution is 2.35. The standard InChI is InChI=1S/C61H80ClN9O7/c1-36(63-10)53(72)67-51(60(4,5)6)58(77)70-34-43-21-13-12-20-42(43)31-50(70)57(76)69(38(3)45-23-16-17-25-47(45)62)33-39-27-29-41(30-28-39)55(74)65-44-32-49(56(75)66-48-26-18-22-40-19-14-15-24-46(40)48)71(35-44)59(78)52(61(7,8)9)68-54(73)37(2)64-11/h12-17,19-21,23-25,27-30,36-38,44,48-52,63-64H,18,22,26,31-35H2,1-11H3,(H,65,74)(H,66,75)(H,67,72)(H,68,73)/t36-,37-,38?,44-,48+,49-,50-,51+,52+/m0/s1. The molecule has 1 aliphatic carbocycles. The summed E-state index contributed by atoms with van der Waals surface area (Å²) in [6, 6.07) is 23.7. The zero-order valence-electron chi connectivity index (χ0n) is 47.2. The first kappa shape index (κ1) is 59.0. The minimum Gasteiger partial charge on any atom is -0.347 e. The summed E-state index contributed by atoms with van der Waals surface area (Å²) in [6.45, 7) is 16.9. The number of benzene rings is 4. The van der Waals surface area contributed by atoms with Gasteiger partial charge < -0.3 is 46.6 Å². The molecule has 0 bridgehead atoms. The number of amides is 7. The van der Waals surface area contributed by atoms with E-state index >= 15 is 4.79 Å². The van der Waals surface area contributed by atoms with Crippen molar-refractivity contribution in [3.63, 3.8) is 0 Å². The number of nitrogens with zero attached hydrogens (tertiary/aromatic N) is 3. The molecule has 0 radical (unpaired) electrons. The molecular weight excluding hydrogens is 1010 g/mol. The van der Waals surface area contributed by atoms with Crippen molar-refractivity contribution >= 4 is 53.0 Å². The molecule has 1 unspecified atom stereocenters. The number of fused-ring (bicyclic) bond motifs is 2. The zero-order valence-corrected chi connectivity index (χ0v) is 47.9. The Balaban J connectivity index is 1.15. The lowest BCUT2D eigenvalue weighted by molar-refractivity contribution is -0.152. The Labute approximate surface area is 465 Å². The van der Waals surface area contributed by atoms with E-state index in [1.807, 2.05) is 109 Å². The summed E-state index contributed by atoms with van der Waals surface area (Å²) >= 11 is 6.84. The van der Waals surface area contributed by atoms with Crippen LogP contribution in [0.25, 0.3) is 0 Å². The second-order valence-corrected chi connectivity index (χ2v) is 23.9. The van der Waals surface area contributed by atoms with E-state index in [4.69, 9.17) is 11.6 Å². The third-order valence-electron chi connectivity index (χ3n) is 15.9. The number of hydrogen-bond acceptors (Lipinski definition) is 9. The summed E-state index contributed by atoms with van der Waals surface area (Å²) in [5.74, 6) is -2.54. The molecule has 4 aromatic carbocycles. The van der Waals surface area contributed by atoms with Gasteiger partial charge in [-0.2, -0.15) is 0 Å². The third-order valence-corrected chi connectivity index (χ3v) is 16.2. The van der Waals surface area contributed by atoms with E-state index in [1.165, 1.54) is 10.5 Å². The number of aryl methyl sites for hydroxylation is 1. The lowest BCUT2D eigenvalue weighted by Gasteiger charge is -2.43. The van der Waals surface area contributed by atoms with Gasteiger partial charge in [-0.05, 0) is 123 Å². The highest BCUT2D eigenvalue weighted by atomic mass is 35.5. The van der Waals surface area contributed by atoms with Crippen LogP contribution in [-0.4, -0.2) is 119 Å². The lowest BCUT2D eigenvalue weighted by Crippen LogP contribution is -2.62. The van der Waals surface area contributed by atoms with E-state index < -0.39 is 71.0 Å². The Morgan fingerprint density at radius 2 is 1.22 bits per heavy atom. The number of likely N-dealkylation sites (N-methyl/N-ethyl adjacent to an activating group) is 2. The number of rotatable bonds is 17. The minimum atomic E-state index is -0.974. The largest absolute Gasteiger partial charge is 0.347 e. The molecule has 1 fully saturated rings. The molecule has 2 aliphatic heterocycles. The van der Waals surface area contributed by atoms with E-state index in [-0.39, 0.29) is 68.1 Å². The first-order chi connectivity index (χ1) is 36.9. The molecule has 78 heavy (non-hydrogen) atoms. The Kier molecular flexibility index (Phi) is 18.9. The fourth-order valence-electron chi connectivity index (χ4n) is 10.8. The fraction of sp³-hybridized carbons (Fsp3) is 0.492. The molecule has 0 saturated carbocycles. The van der Waals surface area contributed by atoms with Crippen LogP contribution in [0.2, 0.25) is 5.02 Å². The topological polar surface area (TPSA) is 201 Å². The summed E-state index contributed by atoms with van der Waals surface area (Å²) in [4.78, 5) is 105. The van der Waals surface area contributed by atoms with Crippen LogP contribution in [-0.2, 0) is 54.7 Å². The number of halogens is 1. The Hall–Kier alpha value is -6.62. The smallest absolute Gasteiger partial charge is 0.251 e. The third kappa shape index (κ3) is 13.6. The molecule has 7 rings (SSSR count). The van der Waals surface area contributed by atoms with Gasteiger partial charge in [0.2, 0.25) is 35.4 Å². The van der Waals surface area contributed by atoms with Crippen LogP contribution in [0.4, 0.5) is 0 Å².